The van der Waals surface area contributed by atoms with Crippen LogP contribution in [0.4, 0.5) is 22.0 Å². The molecule has 0 aliphatic heterocycles. The van der Waals surface area contributed by atoms with Gasteiger partial charge in [-0.25, -0.2) is 4.68 Å². The van der Waals surface area contributed by atoms with E-state index in [1.165, 1.54) is 17.6 Å². The molecule has 0 saturated carbocycles. The number of allylic oxidation sites excluding steroid dienone is 2. The molecule has 10 heteroatoms. The largest absolute Gasteiger partial charge is 0.455 e. The molecule has 1 aromatic heterocycles. The Kier molecular flexibility index (Phi) is 5.18. The van der Waals surface area contributed by atoms with Crippen molar-refractivity contribution >= 4 is 18.3 Å². The van der Waals surface area contributed by atoms with Crippen molar-refractivity contribution in [2.24, 2.45) is 4.99 Å². The third-order valence-corrected chi connectivity index (χ3v) is 2.43. The lowest BCUT2D eigenvalue weighted by Gasteiger charge is -2.19. The first kappa shape index (κ1) is 17.5. The average molecular weight is 322 g/mol. The molecule has 1 amide bonds. The molecular formula is C12H11F5N4O. The normalized spacial score (nSPS) is 12.9. The Morgan fingerprint density at radius 3 is 2.55 bits per heavy atom. The minimum Gasteiger partial charge on any atom is -0.346 e. The number of nitrogens with zero attached hydrogens (tertiary/aromatic N) is 3. The van der Waals surface area contributed by atoms with Gasteiger partial charge in [0, 0.05) is 6.20 Å². The summed E-state index contributed by atoms with van der Waals surface area (Å²) in [5, 5.41) is 5.24. The number of rotatable bonds is 6. The van der Waals surface area contributed by atoms with Crippen LogP contribution in [0.2, 0.25) is 0 Å². The van der Waals surface area contributed by atoms with Gasteiger partial charge in [-0.15, -0.1) is 0 Å². The van der Waals surface area contributed by atoms with E-state index in [9.17, 15) is 26.7 Å². The van der Waals surface area contributed by atoms with E-state index in [0.717, 1.165) is 17.1 Å². The highest BCUT2D eigenvalue weighted by molar-refractivity contribution is 5.93. The molecule has 0 atom stereocenters. The Labute approximate surface area is 121 Å². The number of hydrogen-bond acceptors (Lipinski definition) is 3. The predicted molar refractivity (Wildman–Crippen MR) is 69.6 cm³/mol. The molecule has 0 bridgehead atoms. The summed E-state index contributed by atoms with van der Waals surface area (Å²) in [5.41, 5.74) is 0.129. The quantitative estimate of drug-likeness (QED) is 0.497. The summed E-state index contributed by atoms with van der Waals surface area (Å²) in [4.78, 5) is 15.0. The summed E-state index contributed by atoms with van der Waals surface area (Å²) < 4.78 is 62.4. The highest BCUT2D eigenvalue weighted by Gasteiger charge is 2.57. The van der Waals surface area contributed by atoms with E-state index in [1.807, 2.05) is 0 Å². The second kappa shape index (κ2) is 6.50. The molecule has 1 rings (SSSR count). The molecule has 0 fully saturated rings. The summed E-state index contributed by atoms with van der Waals surface area (Å²) in [5.74, 6) is -6.14. The van der Waals surface area contributed by atoms with Gasteiger partial charge in [-0.3, -0.25) is 9.79 Å². The van der Waals surface area contributed by atoms with E-state index in [2.05, 4.69) is 23.4 Å². The van der Waals surface area contributed by atoms with Crippen LogP contribution in [0, 0.1) is 0 Å². The lowest BCUT2D eigenvalue weighted by atomic mass is 10.3. The van der Waals surface area contributed by atoms with Gasteiger partial charge in [-0.1, -0.05) is 6.58 Å². The minimum atomic E-state index is -5.74. The maximum Gasteiger partial charge on any atom is 0.455 e. The number of carbonyl (C=O) groups excluding carboxylic acids is 1. The summed E-state index contributed by atoms with van der Waals surface area (Å²) in [7, 11) is 0. The highest BCUT2D eigenvalue weighted by atomic mass is 19.4. The predicted octanol–water partition coefficient (Wildman–Crippen LogP) is 2.50. The Hall–Kier alpha value is -2.52. The molecule has 0 saturated heterocycles. The first-order chi connectivity index (χ1) is 10.1. The van der Waals surface area contributed by atoms with Gasteiger partial charge in [0.25, 0.3) is 5.91 Å². The van der Waals surface area contributed by atoms with E-state index in [0.29, 0.717) is 5.70 Å². The van der Waals surface area contributed by atoms with Gasteiger partial charge in [0.1, 0.15) is 0 Å². The van der Waals surface area contributed by atoms with Crippen molar-refractivity contribution in [2.45, 2.75) is 12.1 Å². The second-order valence-corrected chi connectivity index (χ2v) is 4.00. The third-order valence-electron chi connectivity index (χ3n) is 2.43. The molecule has 5 nitrogen and oxygen atoms in total. The molecular weight excluding hydrogens is 311 g/mol. The zero-order chi connectivity index (χ0) is 17.0. The van der Waals surface area contributed by atoms with Crippen LogP contribution in [0.25, 0.3) is 5.70 Å². The number of aliphatic imine (C=N–C) groups is 1. The van der Waals surface area contributed by atoms with Gasteiger partial charge < -0.3 is 5.32 Å². The molecule has 1 aromatic rings. The van der Waals surface area contributed by atoms with Crippen molar-refractivity contribution in [1.29, 1.82) is 0 Å². The van der Waals surface area contributed by atoms with Gasteiger partial charge in [-0.05, 0) is 12.8 Å². The SMILES string of the molecule is C=C/C(=C\N=C)n1cc(C(=O)NCC(F)(F)C(F)(F)F)cn1. The number of carbonyl (C=O) groups is 1. The van der Waals surface area contributed by atoms with Crippen molar-refractivity contribution in [2.75, 3.05) is 6.54 Å². The fraction of sp³-hybridized carbons (Fsp3) is 0.250. The van der Waals surface area contributed by atoms with Gasteiger partial charge in [-0.2, -0.15) is 27.1 Å². The lowest BCUT2D eigenvalue weighted by Crippen LogP contribution is -2.46. The average Bonchev–Trinajstić information content (AvgIpc) is 2.90. The molecule has 22 heavy (non-hydrogen) atoms. The fourth-order valence-electron chi connectivity index (χ4n) is 1.27. The lowest BCUT2D eigenvalue weighted by molar-refractivity contribution is -0.278. The standard InChI is InChI=1S/C12H11F5N4O/c1-3-9(5-18-2)21-6-8(4-20-21)10(22)19-7-11(13,14)12(15,16)17/h3-6H,1-2,7H2,(H,19,22)/b9-5+. The highest BCUT2D eigenvalue weighted by Crippen LogP contribution is 2.34. The summed E-state index contributed by atoms with van der Waals surface area (Å²) in [6.45, 7) is 4.81. The van der Waals surface area contributed by atoms with Gasteiger partial charge in [0.15, 0.2) is 0 Å². The number of halogens is 5. The minimum absolute atomic E-state index is 0.199. The van der Waals surface area contributed by atoms with E-state index in [1.54, 1.807) is 0 Å². The Balaban J connectivity index is 2.80. The van der Waals surface area contributed by atoms with Gasteiger partial charge in [0.2, 0.25) is 0 Å². The van der Waals surface area contributed by atoms with Crippen LogP contribution in [0.15, 0.2) is 36.2 Å². The van der Waals surface area contributed by atoms with Gasteiger partial charge >= 0.3 is 12.1 Å². The van der Waals surface area contributed by atoms with Crippen molar-refractivity contribution < 1.29 is 26.7 Å². The number of amides is 1. The number of alkyl halides is 5. The molecule has 0 aromatic carbocycles. The summed E-state index contributed by atoms with van der Waals surface area (Å²) >= 11 is 0. The first-order valence-corrected chi connectivity index (χ1v) is 5.68. The maximum absolute atomic E-state index is 12.7. The van der Waals surface area contributed by atoms with Gasteiger partial charge in [0.05, 0.1) is 30.2 Å². The molecule has 0 aliphatic rings. The van der Waals surface area contributed by atoms with E-state index in [-0.39, 0.29) is 5.56 Å². The second-order valence-electron chi connectivity index (χ2n) is 4.00. The number of nitrogens with one attached hydrogen (secondary N) is 1. The van der Waals surface area contributed by atoms with Crippen LogP contribution in [0.5, 0.6) is 0 Å². The van der Waals surface area contributed by atoms with Crippen LogP contribution in [-0.2, 0) is 0 Å². The number of aromatic nitrogens is 2. The molecule has 0 aliphatic carbocycles. The fourth-order valence-corrected chi connectivity index (χ4v) is 1.27. The molecule has 0 radical (unpaired) electrons. The number of hydrogen-bond donors (Lipinski definition) is 1. The van der Waals surface area contributed by atoms with E-state index >= 15 is 0 Å². The monoisotopic (exact) mass is 322 g/mol. The topological polar surface area (TPSA) is 59.3 Å². The molecule has 0 unspecified atom stereocenters. The Bertz CT molecular complexity index is 603. The molecule has 1 heterocycles. The van der Waals surface area contributed by atoms with E-state index in [4.69, 9.17) is 0 Å². The van der Waals surface area contributed by atoms with Crippen LogP contribution in [-0.4, -0.2) is 41.0 Å². The van der Waals surface area contributed by atoms with Crippen molar-refractivity contribution in [1.82, 2.24) is 15.1 Å². The summed E-state index contributed by atoms with van der Waals surface area (Å²) in [6.07, 6.45) is -1.01. The summed E-state index contributed by atoms with van der Waals surface area (Å²) in [6, 6.07) is 0. The molecule has 0 spiro atoms. The third kappa shape index (κ3) is 3.99. The van der Waals surface area contributed by atoms with Crippen LogP contribution in [0.3, 0.4) is 0 Å². The first-order valence-electron chi connectivity index (χ1n) is 5.68. The van der Waals surface area contributed by atoms with Crippen LogP contribution >= 0.6 is 0 Å². The zero-order valence-corrected chi connectivity index (χ0v) is 11.1. The van der Waals surface area contributed by atoms with Crippen molar-refractivity contribution in [3.63, 3.8) is 0 Å². The molecule has 1 N–H and O–H groups in total. The zero-order valence-electron chi connectivity index (χ0n) is 11.1. The smallest absolute Gasteiger partial charge is 0.346 e. The van der Waals surface area contributed by atoms with Crippen molar-refractivity contribution in [3.05, 3.63) is 36.8 Å². The maximum atomic E-state index is 12.7. The van der Waals surface area contributed by atoms with Crippen LogP contribution < -0.4 is 5.32 Å². The Morgan fingerprint density at radius 2 is 2.05 bits per heavy atom. The Morgan fingerprint density at radius 1 is 1.41 bits per heavy atom. The van der Waals surface area contributed by atoms with E-state index < -0.39 is 24.6 Å². The van der Waals surface area contributed by atoms with Crippen molar-refractivity contribution in [3.8, 4) is 0 Å². The molecule has 120 valence electrons. The van der Waals surface area contributed by atoms with Crippen LogP contribution in [0.1, 0.15) is 10.4 Å².